The predicted molar refractivity (Wildman–Crippen MR) is 110 cm³/mol. The van der Waals surface area contributed by atoms with Crippen molar-refractivity contribution < 1.29 is 23.9 Å². The molecule has 1 N–H and O–H groups in total. The Balaban J connectivity index is 1.69. The molecular formula is C22H21N3O5. The summed E-state index contributed by atoms with van der Waals surface area (Å²) in [4.78, 5) is 45.3. The molecule has 30 heavy (non-hydrogen) atoms. The van der Waals surface area contributed by atoms with Gasteiger partial charge in [0.05, 0.1) is 23.3 Å². The van der Waals surface area contributed by atoms with Crippen LogP contribution in [-0.2, 0) is 14.3 Å². The molecule has 8 heteroatoms. The standard InChI is InChI=1S/C22H21N3O5/c1-3-18(20(26)25-15-10-8-14(9-11-15)21(27)29-4-2)30-22(28)16-6-5-7-17-19(16)24-13-12-23-17/h5-13,18H,3-4H2,1-2H3,(H,25,26). The van der Waals surface area contributed by atoms with Crippen LogP contribution in [0.3, 0.4) is 0 Å². The number of benzene rings is 2. The minimum absolute atomic E-state index is 0.241. The summed E-state index contributed by atoms with van der Waals surface area (Å²) in [6.07, 6.45) is 2.32. The van der Waals surface area contributed by atoms with Crippen LogP contribution in [0, 0.1) is 0 Å². The molecule has 8 nitrogen and oxygen atoms in total. The number of carbonyl (C=O) groups is 3. The highest BCUT2D eigenvalue weighted by Gasteiger charge is 2.23. The molecule has 2 aromatic carbocycles. The largest absolute Gasteiger partial charge is 0.462 e. The van der Waals surface area contributed by atoms with Crippen LogP contribution in [0.1, 0.15) is 41.0 Å². The smallest absolute Gasteiger partial charge is 0.341 e. The van der Waals surface area contributed by atoms with Crippen molar-refractivity contribution in [1.82, 2.24) is 9.97 Å². The monoisotopic (exact) mass is 407 g/mol. The van der Waals surface area contributed by atoms with Gasteiger partial charge in [0.1, 0.15) is 5.52 Å². The number of anilines is 1. The second kappa shape index (κ2) is 9.60. The molecule has 1 unspecified atom stereocenters. The van der Waals surface area contributed by atoms with E-state index in [2.05, 4.69) is 15.3 Å². The highest BCUT2D eigenvalue weighted by atomic mass is 16.5. The molecule has 1 heterocycles. The van der Waals surface area contributed by atoms with E-state index in [-0.39, 0.29) is 18.6 Å². The summed E-state index contributed by atoms with van der Waals surface area (Å²) in [5, 5.41) is 2.69. The molecule has 3 rings (SSSR count). The van der Waals surface area contributed by atoms with Gasteiger partial charge in [-0.2, -0.15) is 0 Å². The van der Waals surface area contributed by atoms with Gasteiger partial charge < -0.3 is 14.8 Å². The first kappa shape index (κ1) is 20.9. The third-order valence-electron chi connectivity index (χ3n) is 4.29. The minimum Gasteiger partial charge on any atom is -0.462 e. The van der Waals surface area contributed by atoms with Crippen molar-refractivity contribution >= 4 is 34.6 Å². The quantitative estimate of drug-likeness (QED) is 0.598. The summed E-state index contributed by atoms with van der Waals surface area (Å²) in [6.45, 7) is 3.75. The fourth-order valence-electron chi connectivity index (χ4n) is 2.80. The van der Waals surface area contributed by atoms with Crippen LogP contribution in [0.5, 0.6) is 0 Å². The maximum Gasteiger partial charge on any atom is 0.341 e. The SMILES string of the molecule is CCOC(=O)c1ccc(NC(=O)C(CC)OC(=O)c2cccc3nccnc23)cc1. The normalized spacial score (nSPS) is 11.5. The van der Waals surface area contributed by atoms with Gasteiger partial charge in [0.15, 0.2) is 6.10 Å². The van der Waals surface area contributed by atoms with Crippen molar-refractivity contribution in [2.24, 2.45) is 0 Å². The Morgan fingerprint density at radius 2 is 1.70 bits per heavy atom. The Bertz CT molecular complexity index is 1060. The molecule has 0 fully saturated rings. The Morgan fingerprint density at radius 1 is 0.967 bits per heavy atom. The number of rotatable bonds is 7. The zero-order valence-electron chi connectivity index (χ0n) is 16.6. The fourth-order valence-corrected chi connectivity index (χ4v) is 2.80. The van der Waals surface area contributed by atoms with E-state index in [0.717, 1.165) is 0 Å². The fraction of sp³-hybridized carbons (Fsp3) is 0.227. The van der Waals surface area contributed by atoms with E-state index in [1.165, 1.54) is 12.4 Å². The molecule has 1 amide bonds. The van der Waals surface area contributed by atoms with Crippen molar-refractivity contribution in [1.29, 1.82) is 0 Å². The zero-order valence-corrected chi connectivity index (χ0v) is 16.6. The van der Waals surface area contributed by atoms with E-state index in [0.29, 0.717) is 22.3 Å². The van der Waals surface area contributed by atoms with Crippen LogP contribution in [0.4, 0.5) is 5.69 Å². The van der Waals surface area contributed by atoms with Crippen molar-refractivity contribution in [3.8, 4) is 0 Å². The molecule has 0 saturated heterocycles. The number of carbonyl (C=O) groups excluding carboxylic acids is 3. The van der Waals surface area contributed by atoms with Crippen LogP contribution in [-0.4, -0.2) is 40.5 Å². The van der Waals surface area contributed by atoms with Gasteiger partial charge in [-0.05, 0) is 49.7 Å². The molecular weight excluding hydrogens is 386 g/mol. The number of amides is 1. The van der Waals surface area contributed by atoms with E-state index in [9.17, 15) is 14.4 Å². The molecule has 0 aliphatic rings. The zero-order chi connectivity index (χ0) is 21.5. The van der Waals surface area contributed by atoms with Crippen molar-refractivity contribution in [3.05, 3.63) is 66.0 Å². The lowest BCUT2D eigenvalue weighted by molar-refractivity contribution is -0.124. The lowest BCUT2D eigenvalue weighted by Gasteiger charge is -2.16. The summed E-state index contributed by atoms with van der Waals surface area (Å²) >= 11 is 0. The van der Waals surface area contributed by atoms with Gasteiger partial charge in [0, 0.05) is 18.1 Å². The van der Waals surface area contributed by atoms with Crippen molar-refractivity contribution in [2.45, 2.75) is 26.4 Å². The molecule has 1 atom stereocenters. The Kier molecular flexibility index (Phi) is 6.69. The number of nitrogens with one attached hydrogen (secondary N) is 1. The average molecular weight is 407 g/mol. The number of para-hydroxylation sites is 1. The summed E-state index contributed by atoms with van der Waals surface area (Å²) in [5.74, 6) is -1.56. The van der Waals surface area contributed by atoms with Gasteiger partial charge in [-0.25, -0.2) is 9.59 Å². The van der Waals surface area contributed by atoms with Gasteiger partial charge in [0.2, 0.25) is 0 Å². The van der Waals surface area contributed by atoms with E-state index < -0.39 is 23.9 Å². The Morgan fingerprint density at radius 3 is 2.40 bits per heavy atom. The van der Waals surface area contributed by atoms with Gasteiger partial charge in [-0.3, -0.25) is 14.8 Å². The molecule has 0 bridgehead atoms. The summed E-state index contributed by atoms with van der Waals surface area (Å²) in [7, 11) is 0. The third kappa shape index (κ3) is 4.78. The van der Waals surface area contributed by atoms with Crippen LogP contribution >= 0.6 is 0 Å². The van der Waals surface area contributed by atoms with Crippen LogP contribution in [0.2, 0.25) is 0 Å². The third-order valence-corrected chi connectivity index (χ3v) is 4.29. The number of fused-ring (bicyclic) bond motifs is 1. The number of esters is 2. The second-order valence-corrected chi connectivity index (χ2v) is 6.32. The Hall–Kier alpha value is -3.81. The van der Waals surface area contributed by atoms with Crippen LogP contribution in [0.15, 0.2) is 54.9 Å². The van der Waals surface area contributed by atoms with E-state index >= 15 is 0 Å². The van der Waals surface area contributed by atoms with Crippen molar-refractivity contribution in [3.63, 3.8) is 0 Å². The molecule has 3 aromatic rings. The topological polar surface area (TPSA) is 107 Å². The maximum atomic E-state index is 12.6. The highest BCUT2D eigenvalue weighted by molar-refractivity contribution is 6.03. The van der Waals surface area contributed by atoms with E-state index in [1.54, 1.807) is 56.3 Å². The maximum absolute atomic E-state index is 12.6. The molecule has 0 spiro atoms. The summed E-state index contributed by atoms with van der Waals surface area (Å²) in [6, 6.07) is 11.3. The second-order valence-electron chi connectivity index (χ2n) is 6.32. The van der Waals surface area contributed by atoms with Crippen LogP contribution < -0.4 is 5.32 Å². The average Bonchev–Trinajstić information content (AvgIpc) is 2.77. The molecule has 0 radical (unpaired) electrons. The highest BCUT2D eigenvalue weighted by Crippen LogP contribution is 2.17. The predicted octanol–water partition coefficient (Wildman–Crippen LogP) is 3.38. The number of ether oxygens (including phenoxy) is 2. The molecule has 0 aliphatic heterocycles. The van der Waals surface area contributed by atoms with Gasteiger partial charge in [0.25, 0.3) is 5.91 Å². The summed E-state index contributed by atoms with van der Waals surface area (Å²) in [5.41, 5.74) is 2.07. The Labute approximate surface area is 173 Å². The van der Waals surface area contributed by atoms with Gasteiger partial charge in [-0.1, -0.05) is 13.0 Å². The lowest BCUT2D eigenvalue weighted by Crippen LogP contribution is -2.32. The van der Waals surface area contributed by atoms with Crippen molar-refractivity contribution in [2.75, 3.05) is 11.9 Å². The molecule has 1 aromatic heterocycles. The first-order valence-electron chi connectivity index (χ1n) is 9.52. The number of hydrogen-bond acceptors (Lipinski definition) is 7. The van der Waals surface area contributed by atoms with E-state index in [4.69, 9.17) is 9.47 Å². The molecule has 0 saturated carbocycles. The molecule has 154 valence electrons. The van der Waals surface area contributed by atoms with E-state index in [1.807, 2.05) is 0 Å². The summed E-state index contributed by atoms with van der Waals surface area (Å²) < 4.78 is 10.4. The molecule has 0 aliphatic carbocycles. The number of nitrogens with zero attached hydrogens (tertiary/aromatic N) is 2. The number of hydrogen-bond donors (Lipinski definition) is 1. The lowest BCUT2D eigenvalue weighted by atomic mass is 10.1. The first-order valence-corrected chi connectivity index (χ1v) is 9.52. The first-order chi connectivity index (χ1) is 14.5. The minimum atomic E-state index is -0.992. The van der Waals surface area contributed by atoms with Gasteiger partial charge in [-0.15, -0.1) is 0 Å². The van der Waals surface area contributed by atoms with Crippen LogP contribution in [0.25, 0.3) is 11.0 Å². The van der Waals surface area contributed by atoms with Gasteiger partial charge >= 0.3 is 11.9 Å². The number of aromatic nitrogens is 2.